The van der Waals surface area contributed by atoms with E-state index in [-0.39, 0.29) is 24.1 Å². The van der Waals surface area contributed by atoms with Crippen LogP contribution in [0.1, 0.15) is 43.7 Å². The van der Waals surface area contributed by atoms with Gasteiger partial charge < -0.3 is 5.32 Å². The highest BCUT2D eigenvalue weighted by Gasteiger charge is 2.27. The standard InChI is InChI=1S/C16H22ClNO3S/c1-22(20,21)11-10-15(19)18-16(12-4-2-3-5-12)13-6-8-14(17)9-7-13/h6-9,12,16H,2-5,10-11H2,1H3,(H,18,19)/t16-/m1/s1. The molecule has 122 valence electrons. The van der Waals surface area contributed by atoms with E-state index in [0.29, 0.717) is 10.9 Å². The van der Waals surface area contributed by atoms with Crippen LogP contribution in [0.4, 0.5) is 0 Å². The second-order valence-electron chi connectivity index (χ2n) is 6.02. The lowest BCUT2D eigenvalue weighted by Crippen LogP contribution is -2.33. The van der Waals surface area contributed by atoms with Crippen molar-refractivity contribution in [2.75, 3.05) is 12.0 Å². The van der Waals surface area contributed by atoms with Gasteiger partial charge in [-0.25, -0.2) is 8.42 Å². The zero-order valence-corrected chi connectivity index (χ0v) is 14.3. The minimum absolute atomic E-state index is 0.00957. The summed E-state index contributed by atoms with van der Waals surface area (Å²) in [5.74, 6) is 0.0808. The summed E-state index contributed by atoms with van der Waals surface area (Å²) in [6.45, 7) is 0. The number of hydrogen-bond donors (Lipinski definition) is 1. The molecule has 4 nitrogen and oxygen atoms in total. The van der Waals surface area contributed by atoms with E-state index in [1.54, 1.807) is 0 Å². The van der Waals surface area contributed by atoms with Crippen molar-refractivity contribution >= 4 is 27.3 Å². The third-order valence-corrected chi connectivity index (χ3v) is 5.31. The van der Waals surface area contributed by atoms with Crippen LogP contribution in [0.3, 0.4) is 0 Å². The topological polar surface area (TPSA) is 63.2 Å². The molecule has 1 aliphatic rings. The Morgan fingerprint density at radius 2 is 1.86 bits per heavy atom. The SMILES string of the molecule is CS(=O)(=O)CCC(=O)N[C@@H](c1ccc(Cl)cc1)C1CCCC1. The van der Waals surface area contributed by atoms with Crippen molar-refractivity contribution in [3.63, 3.8) is 0 Å². The van der Waals surface area contributed by atoms with E-state index in [1.807, 2.05) is 24.3 Å². The normalized spacial score (nSPS) is 17.4. The van der Waals surface area contributed by atoms with E-state index in [9.17, 15) is 13.2 Å². The van der Waals surface area contributed by atoms with Crippen LogP contribution in [-0.4, -0.2) is 26.3 Å². The molecule has 6 heteroatoms. The van der Waals surface area contributed by atoms with Crippen molar-refractivity contribution in [1.82, 2.24) is 5.32 Å². The minimum atomic E-state index is -3.12. The molecule has 22 heavy (non-hydrogen) atoms. The Morgan fingerprint density at radius 1 is 1.27 bits per heavy atom. The van der Waals surface area contributed by atoms with Crippen LogP contribution < -0.4 is 5.32 Å². The molecule has 1 saturated carbocycles. The van der Waals surface area contributed by atoms with Gasteiger partial charge in [0.2, 0.25) is 5.91 Å². The van der Waals surface area contributed by atoms with E-state index in [2.05, 4.69) is 5.32 Å². The van der Waals surface area contributed by atoms with Gasteiger partial charge in [0.25, 0.3) is 0 Å². The number of carbonyl (C=O) groups is 1. The van der Waals surface area contributed by atoms with E-state index >= 15 is 0 Å². The fourth-order valence-electron chi connectivity index (χ4n) is 2.96. The van der Waals surface area contributed by atoms with Crippen molar-refractivity contribution < 1.29 is 13.2 Å². The first-order valence-electron chi connectivity index (χ1n) is 7.58. The Balaban J connectivity index is 2.07. The monoisotopic (exact) mass is 343 g/mol. The maximum absolute atomic E-state index is 12.1. The average molecular weight is 344 g/mol. The van der Waals surface area contributed by atoms with Gasteiger partial charge in [-0.15, -0.1) is 0 Å². The third kappa shape index (κ3) is 5.29. The van der Waals surface area contributed by atoms with Gasteiger partial charge in [-0.2, -0.15) is 0 Å². The van der Waals surface area contributed by atoms with Gasteiger partial charge in [0.05, 0.1) is 11.8 Å². The second kappa shape index (κ2) is 7.47. The lowest BCUT2D eigenvalue weighted by Gasteiger charge is -2.25. The Morgan fingerprint density at radius 3 is 2.41 bits per heavy atom. The van der Waals surface area contributed by atoms with E-state index < -0.39 is 9.84 Å². The molecule has 1 aliphatic carbocycles. The molecule has 1 aromatic carbocycles. The Bertz CT molecular complexity index is 607. The number of sulfone groups is 1. The molecular formula is C16H22ClNO3S. The third-order valence-electron chi connectivity index (χ3n) is 4.12. The Hall–Kier alpha value is -1.07. The quantitative estimate of drug-likeness (QED) is 0.863. The zero-order valence-electron chi connectivity index (χ0n) is 12.7. The first-order chi connectivity index (χ1) is 10.3. The molecule has 1 N–H and O–H groups in total. The molecule has 0 saturated heterocycles. The van der Waals surface area contributed by atoms with Crippen LogP contribution in [-0.2, 0) is 14.6 Å². The van der Waals surface area contributed by atoms with Crippen LogP contribution in [0, 0.1) is 5.92 Å². The zero-order chi connectivity index (χ0) is 16.2. The fraction of sp³-hybridized carbons (Fsp3) is 0.562. The van der Waals surface area contributed by atoms with Gasteiger partial charge >= 0.3 is 0 Å². The molecule has 1 atom stereocenters. The van der Waals surface area contributed by atoms with Crippen LogP contribution in [0.5, 0.6) is 0 Å². The number of amides is 1. The number of hydrogen-bond acceptors (Lipinski definition) is 3. The Labute approximate surface area is 137 Å². The summed E-state index contributed by atoms with van der Waals surface area (Å²) in [7, 11) is -3.12. The molecule has 0 radical (unpaired) electrons. The van der Waals surface area contributed by atoms with Crippen molar-refractivity contribution in [2.24, 2.45) is 5.92 Å². The van der Waals surface area contributed by atoms with Crippen LogP contribution in [0.15, 0.2) is 24.3 Å². The number of nitrogens with one attached hydrogen (secondary N) is 1. The average Bonchev–Trinajstić information content (AvgIpc) is 2.97. The molecule has 1 aromatic rings. The lowest BCUT2D eigenvalue weighted by atomic mass is 9.91. The predicted molar refractivity (Wildman–Crippen MR) is 88.6 cm³/mol. The largest absolute Gasteiger partial charge is 0.349 e. The minimum Gasteiger partial charge on any atom is -0.349 e. The number of benzene rings is 1. The van der Waals surface area contributed by atoms with Crippen molar-refractivity contribution in [3.8, 4) is 0 Å². The number of carbonyl (C=O) groups excluding carboxylic acids is 1. The van der Waals surface area contributed by atoms with Crippen molar-refractivity contribution in [3.05, 3.63) is 34.9 Å². The summed E-state index contributed by atoms with van der Waals surface area (Å²) < 4.78 is 22.4. The molecule has 0 heterocycles. The fourth-order valence-corrected chi connectivity index (χ4v) is 3.64. The van der Waals surface area contributed by atoms with Crippen molar-refractivity contribution in [1.29, 1.82) is 0 Å². The van der Waals surface area contributed by atoms with Gasteiger partial charge in [0.1, 0.15) is 9.84 Å². The number of rotatable bonds is 6. The van der Waals surface area contributed by atoms with E-state index in [1.165, 1.54) is 12.8 Å². The summed E-state index contributed by atoms with van der Waals surface area (Å²) in [4.78, 5) is 12.1. The summed E-state index contributed by atoms with van der Waals surface area (Å²) in [6.07, 6.45) is 5.67. The van der Waals surface area contributed by atoms with Crippen LogP contribution in [0.2, 0.25) is 5.02 Å². The Kier molecular flexibility index (Phi) is 5.87. The van der Waals surface area contributed by atoms with E-state index in [0.717, 1.165) is 24.7 Å². The molecule has 0 bridgehead atoms. The summed E-state index contributed by atoms with van der Waals surface area (Å²) in [5.41, 5.74) is 1.03. The van der Waals surface area contributed by atoms with Gasteiger partial charge in [-0.1, -0.05) is 36.6 Å². The highest BCUT2D eigenvalue weighted by molar-refractivity contribution is 7.90. The molecule has 0 unspecified atom stereocenters. The molecule has 0 spiro atoms. The molecule has 2 rings (SSSR count). The number of halogens is 1. The molecule has 0 aromatic heterocycles. The molecule has 1 amide bonds. The summed E-state index contributed by atoms with van der Waals surface area (Å²) >= 11 is 5.93. The van der Waals surface area contributed by atoms with Crippen molar-refractivity contribution in [2.45, 2.75) is 38.1 Å². The first kappa shape index (κ1) is 17.3. The van der Waals surface area contributed by atoms with Gasteiger partial charge in [0, 0.05) is 17.7 Å². The van der Waals surface area contributed by atoms with Gasteiger partial charge in [-0.3, -0.25) is 4.79 Å². The molecular weight excluding hydrogens is 322 g/mol. The summed E-state index contributed by atoms with van der Waals surface area (Å²) in [5, 5.41) is 3.69. The first-order valence-corrected chi connectivity index (χ1v) is 10.0. The highest BCUT2D eigenvalue weighted by Crippen LogP contribution is 2.36. The van der Waals surface area contributed by atoms with Gasteiger partial charge in [-0.05, 0) is 36.5 Å². The van der Waals surface area contributed by atoms with Crippen LogP contribution in [0.25, 0.3) is 0 Å². The van der Waals surface area contributed by atoms with E-state index in [4.69, 9.17) is 11.6 Å². The predicted octanol–water partition coefficient (Wildman–Crippen LogP) is 3.12. The lowest BCUT2D eigenvalue weighted by molar-refractivity contribution is -0.121. The van der Waals surface area contributed by atoms with Gasteiger partial charge in [0.15, 0.2) is 0 Å². The van der Waals surface area contributed by atoms with Crippen LogP contribution >= 0.6 is 11.6 Å². The maximum Gasteiger partial charge on any atom is 0.221 e. The molecule has 0 aliphatic heterocycles. The molecule has 1 fully saturated rings. The maximum atomic E-state index is 12.1. The smallest absolute Gasteiger partial charge is 0.221 e. The highest BCUT2D eigenvalue weighted by atomic mass is 35.5. The second-order valence-corrected chi connectivity index (χ2v) is 8.72. The summed E-state index contributed by atoms with van der Waals surface area (Å²) in [6, 6.07) is 7.44.